The molecule has 1 aliphatic rings. The molecule has 28 heavy (non-hydrogen) atoms. The molecule has 0 radical (unpaired) electrons. The molecule has 148 valence electrons. The van der Waals surface area contributed by atoms with Crippen molar-refractivity contribution in [3.8, 4) is 0 Å². The number of aliphatic carboxylic acids is 1. The van der Waals surface area contributed by atoms with Crippen molar-refractivity contribution in [2.24, 2.45) is 0 Å². The van der Waals surface area contributed by atoms with Crippen LogP contribution in [-0.2, 0) is 22.4 Å². The second-order valence-electron chi connectivity index (χ2n) is 7.26. The zero-order chi connectivity index (χ0) is 19.8. The van der Waals surface area contributed by atoms with Crippen molar-refractivity contribution < 1.29 is 14.7 Å². The summed E-state index contributed by atoms with van der Waals surface area (Å²) in [5.74, 6) is -0.218. The van der Waals surface area contributed by atoms with E-state index in [0.717, 1.165) is 50.2 Å². The normalized spacial score (nSPS) is 14.0. The number of carboxylic acids is 1. The molecule has 0 saturated heterocycles. The summed E-state index contributed by atoms with van der Waals surface area (Å²) < 4.78 is 0. The predicted octanol–water partition coefficient (Wildman–Crippen LogP) is 3.16. The molecule has 2 N–H and O–H groups in total. The predicted molar refractivity (Wildman–Crippen MR) is 105 cm³/mol. The number of nitrogens with zero attached hydrogens (tertiary/aromatic N) is 3. The fraction of sp³-hybridized carbons (Fsp3) is 0.476. The summed E-state index contributed by atoms with van der Waals surface area (Å²) in [4.78, 5) is 36.0. The van der Waals surface area contributed by atoms with Crippen LogP contribution in [-0.4, -0.2) is 38.4 Å². The zero-order valence-electron chi connectivity index (χ0n) is 15.9. The van der Waals surface area contributed by atoms with Gasteiger partial charge in [-0.3, -0.25) is 9.59 Å². The van der Waals surface area contributed by atoms with Gasteiger partial charge in [0.15, 0.2) is 0 Å². The van der Waals surface area contributed by atoms with Crippen molar-refractivity contribution >= 4 is 17.6 Å². The monoisotopic (exact) mass is 382 g/mol. The molecule has 0 amide bonds. The first-order chi connectivity index (χ1) is 13.6. The summed E-state index contributed by atoms with van der Waals surface area (Å²) >= 11 is 0. The van der Waals surface area contributed by atoms with Crippen molar-refractivity contribution in [2.45, 2.75) is 57.3 Å². The van der Waals surface area contributed by atoms with Gasteiger partial charge in [0.05, 0.1) is 6.42 Å². The summed E-state index contributed by atoms with van der Waals surface area (Å²) in [5, 5.41) is 12.5. The minimum atomic E-state index is -0.922. The quantitative estimate of drug-likeness (QED) is 0.608. The van der Waals surface area contributed by atoms with Gasteiger partial charge in [-0.2, -0.15) is 0 Å². The number of unbranched alkanes of at least 4 members (excludes halogenated alkanes) is 1. The van der Waals surface area contributed by atoms with E-state index in [-0.39, 0.29) is 24.5 Å². The van der Waals surface area contributed by atoms with E-state index in [1.54, 1.807) is 12.4 Å². The number of carbonyl (C=O) groups excluding carboxylic acids is 1. The molecule has 7 nitrogen and oxygen atoms in total. The summed E-state index contributed by atoms with van der Waals surface area (Å²) in [7, 11) is 0. The van der Waals surface area contributed by atoms with Crippen LogP contribution in [0.3, 0.4) is 0 Å². The molecule has 0 saturated carbocycles. The maximum Gasteiger partial charge on any atom is 0.303 e. The molecule has 3 heterocycles. The summed E-state index contributed by atoms with van der Waals surface area (Å²) in [6.07, 6.45) is 9.86. The molecule has 3 rings (SSSR count). The van der Waals surface area contributed by atoms with Crippen molar-refractivity contribution in [3.05, 3.63) is 47.7 Å². The molecule has 7 heteroatoms. The first kappa shape index (κ1) is 19.9. The van der Waals surface area contributed by atoms with E-state index in [4.69, 9.17) is 5.11 Å². The smallest absolute Gasteiger partial charge is 0.303 e. The van der Waals surface area contributed by atoms with Gasteiger partial charge in [-0.05, 0) is 49.3 Å². The van der Waals surface area contributed by atoms with Crippen molar-refractivity contribution in [3.63, 3.8) is 0 Å². The topological polar surface area (TPSA) is 105 Å². The Morgan fingerprint density at radius 1 is 1.14 bits per heavy atom. The molecular formula is C21H26N4O3. The summed E-state index contributed by atoms with van der Waals surface area (Å²) in [5.41, 5.74) is 3.02. The molecule has 0 aromatic carbocycles. The second-order valence-corrected chi connectivity index (χ2v) is 7.26. The lowest BCUT2D eigenvalue weighted by atomic mass is 9.91. The average molecular weight is 382 g/mol. The Kier molecular flexibility index (Phi) is 7.06. The molecule has 1 aliphatic heterocycles. The van der Waals surface area contributed by atoms with Gasteiger partial charge in [-0.1, -0.05) is 6.07 Å². The minimum Gasteiger partial charge on any atom is -0.481 e. The molecule has 0 fully saturated rings. The number of pyridine rings is 1. The highest BCUT2D eigenvalue weighted by molar-refractivity contribution is 5.80. The number of rotatable bonds is 10. The van der Waals surface area contributed by atoms with Gasteiger partial charge < -0.3 is 10.4 Å². The first-order valence-electron chi connectivity index (χ1n) is 9.83. The van der Waals surface area contributed by atoms with E-state index >= 15 is 0 Å². The number of aromatic nitrogens is 3. The van der Waals surface area contributed by atoms with E-state index in [1.165, 1.54) is 11.9 Å². The van der Waals surface area contributed by atoms with Gasteiger partial charge in [0.1, 0.15) is 17.9 Å². The van der Waals surface area contributed by atoms with E-state index in [2.05, 4.69) is 32.4 Å². The van der Waals surface area contributed by atoms with Gasteiger partial charge in [0.2, 0.25) is 0 Å². The Morgan fingerprint density at radius 2 is 1.96 bits per heavy atom. The third kappa shape index (κ3) is 5.84. The Balaban J connectivity index is 1.45. The van der Waals surface area contributed by atoms with Crippen molar-refractivity contribution in [1.82, 2.24) is 15.0 Å². The molecule has 0 spiro atoms. The van der Waals surface area contributed by atoms with Gasteiger partial charge in [-0.15, -0.1) is 0 Å². The lowest BCUT2D eigenvalue weighted by Gasteiger charge is -2.17. The van der Waals surface area contributed by atoms with Gasteiger partial charge in [0, 0.05) is 43.4 Å². The van der Waals surface area contributed by atoms with Gasteiger partial charge in [-0.25, -0.2) is 15.0 Å². The number of Topliss-reactive ketones (excluding diaryl/α,β-unsaturated/α-hetero) is 1. The van der Waals surface area contributed by atoms with Crippen molar-refractivity contribution in [2.75, 3.05) is 11.9 Å². The summed E-state index contributed by atoms with van der Waals surface area (Å²) in [6, 6.07) is 4.22. The molecule has 0 bridgehead atoms. The molecule has 0 aliphatic carbocycles. The SMILES string of the molecule is O=C(O)CC(CC(=O)CCCCc1ccc2c(n1)NCCC2)c1cncnc1. The number of hydrogen-bond donors (Lipinski definition) is 2. The highest BCUT2D eigenvalue weighted by Gasteiger charge is 2.19. The number of nitrogens with one attached hydrogen (secondary N) is 1. The number of carbonyl (C=O) groups is 2. The second kappa shape index (κ2) is 9.92. The number of ketones is 1. The minimum absolute atomic E-state index is 0.0789. The van der Waals surface area contributed by atoms with Crippen LogP contribution < -0.4 is 5.32 Å². The molecule has 1 unspecified atom stereocenters. The zero-order valence-corrected chi connectivity index (χ0v) is 15.9. The van der Waals surface area contributed by atoms with E-state index in [0.29, 0.717) is 12.0 Å². The number of aryl methyl sites for hydroxylation is 2. The number of carboxylic acid groups (broad SMARTS) is 1. The van der Waals surface area contributed by atoms with Crippen molar-refractivity contribution in [1.29, 1.82) is 0 Å². The van der Waals surface area contributed by atoms with Crippen LogP contribution in [0, 0.1) is 0 Å². The van der Waals surface area contributed by atoms with E-state index in [9.17, 15) is 9.59 Å². The van der Waals surface area contributed by atoms with Crippen LogP contribution in [0.5, 0.6) is 0 Å². The van der Waals surface area contributed by atoms with E-state index in [1.807, 2.05) is 0 Å². The molecule has 2 aromatic heterocycles. The Morgan fingerprint density at radius 3 is 2.75 bits per heavy atom. The number of anilines is 1. The molecule has 1 atom stereocenters. The molecule has 2 aromatic rings. The lowest BCUT2D eigenvalue weighted by Crippen LogP contribution is -2.14. The van der Waals surface area contributed by atoms with Crippen LogP contribution in [0.25, 0.3) is 0 Å². The van der Waals surface area contributed by atoms with Gasteiger partial charge >= 0.3 is 5.97 Å². The highest BCUT2D eigenvalue weighted by atomic mass is 16.4. The summed E-state index contributed by atoms with van der Waals surface area (Å²) in [6.45, 7) is 0.974. The maximum atomic E-state index is 12.4. The van der Waals surface area contributed by atoms with Crippen LogP contribution in [0.1, 0.15) is 61.3 Å². The highest BCUT2D eigenvalue weighted by Crippen LogP contribution is 2.24. The van der Waals surface area contributed by atoms with Crippen LogP contribution in [0.4, 0.5) is 5.82 Å². The van der Waals surface area contributed by atoms with Crippen LogP contribution in [0.15, 0.2) is 30.9 Å². The maximum absolute atomic E-state index is 12.4. The average Bonchev–Trinajstić information content (AvgIpc) is 2.71. The number of fused-ring (bicyclic) bond motifs is 1. The van der Waals surface area contributed by atoms with Crippen LogP contribution >= 0.6 is 0 Å². The molecular weight excluding hydrogens is 356 g/mol. The Hall–Kier alpha value is -2.83. The Bertz CT molecular complexity index is 811. The van der Waals surface area contributed by atoms with Crippen LogP contribution in [0.2, 0.25) is 0 Å². The Labute approximate surface area is 164 Å². The standard InChI is InChI=1S/C21H26N4O3/c26-19(10-16(11-20(27)28)17-12-22-14-23-13-17)6-2-1-5-18-8-7-15-4-3-9-24-21(15)25-18/h7-8,12-14,16H,1-6,9-11H2,(H,24,25)(H,27,28). The van der Waals surface area contributed by atoms with E-state index < -0.39 is 5.97 Å². The third-order valence-corrected chi connectivity index (χ3v) is 5.04. The first-order valence-corrected chi connectivity index (χ1v) is 9.83. The number of hydrogen-bond acceptors (Lipinski definition) is 6. The largest absolute Gasteiger partial charge is 0.481 e. The fourth-order valence-electron chi connectivity index (χ4n) is 3.55. The van der Waals surface area contributed by atoms with Gasteiger partial charge in [0.25, 0.3) is 0 Å². The third-order valence-electron chi connectivity index (χ3n) is 5.04. The fourth-order valence-corrected chi connectivity index (χ4v) is 3.55. The lowest BCUT2D eigenvalue weighted by molar-refractivity contribution is -0.137.